The van der Waals surface area contributed by atoms with Crippen LogP contribution in [0.5, 0.6) is 0 Å². The quantitative estimate of drug-likeness (QED) is 0.175. The highest BCUT2D eigenvalue weighted by molar-refractivity contribution is 5.93. The first kappa shape index (κ1) is 45.9. The Labute approximate surface area is 336 Å². The highest BCUT2D eigenvalue weighted by atomic mass is 16.5. The van der Waals surface area contributed by atoms with Crippen molar-refractivity contribution < 1.29 is 38.3 Å². The van der Waals surface area contributed by atoms with Crippen molar-refractivity contribution in [3.05, 3.63) is 71.8 Å². The van der Waals surface area contributed by atoms with Gasteiger partial charge in [-0.05, 0) is 84.6 Å². The second kappa shape index (κ2) is 24.2. The van der Waals surface area contributed by atoms with Gasteiger partial charge in [-0.3, -0.25) is 24.0 Å². The predicted octanol–water partition coefficient (Wildman–Crippen LogP) is 2.83. The van der Waals surface area contributed by atoms with Gasteiger partial charge in [-0.2, -0.15) is 0 Å². The molecule has 3 saturated heterocycles. The lowest BCUT2D eigenvalue weighted by Gasteiger charge is -2.38. The molecule has 0 saturated carbocycles. The Kier molecular flexibility index (Phi) is 19.5. The largest absolute Gasteiger partial charge is 0.461 e. The Hall–Kier alpha value is -5.47. The van der Waals surface area contributed by atoms with Gasteiger partial charge in [-0.15, -0.1) is 0 Å². The summed E-state index contributed by atoms with van der Waals surface area (Å²) in [5.41, 5.74) is 7.35. The summed E-state index contributed by atoms with van der Waals surface area (Å²) in [6, 6.07) is 18.0. The number of hydrogen-bond acceptors (Lipinski definition) is 8. The van der Waals surface area contributed by atoms with Crippen LogP contribution in [0.25, 0.3) is 0 Å². The molecule has 312 valence electrons. The van der Waals surface area contributed by atoms with E-state index in [1.807, 2.05) is 62.4 Å². The molecular weight excluding hydrogens is 731 g/mol. The molecule has 5 rings (SSSR count). The zero-order valence-electron chi connectivity index (χ0n) is 33.8. The van der Waals surface area contributed by atoms with Crippen LogP contribution in [0.1, 0.15) is 83.3 Å². The smallest absolute Gasteiger partial charge is 0.329 e. The number of carbonyl (C=O) groups excluding carboxylic acids is 7. The van der Waals surface area contributed by atoms with E-state index in [1.165, 1.54) is 10.5 Å². The maximum atomic E-state index is 13.5. The number of hydrogen-bond donors (Lipinski definition) is 4. The summed E-state index contributed by atoms with van der Waals surface area (Å²) >= 11 is 0. The molecule has 0 spiro atoms. The number of urea groups is 1. The Morgan fingerprint density at radius 2 is 1.40 bits per heavy atom. The number of ether oxygens (including phenoxy) is 1. The highest BCUT2D eigenvalue weighted by Gasteiger charge is 2.41. The van der Waals surface area contributed by atoms with Gasteiger partial charge in [0.15, 0.2) is 0 Å². The number of piperidine rings is 1. The van der Waals surface area contributed by atoms with Gasteiger partial charge in [0.2, 0.25) is 30.0 Å². The second-order valence-electron chi connectivity index (χ2n) is 14.9. The molecule has 5 N–H and O–H groups in total. The first-order valence-corrected chi connectivity index (χ1v) is 20.0. The summed E-state index contributed by atoms with van der Waals surface area (Å²) in [6.07, 6.45) is 5.64. The zero-order chi connectivity index (χ0) is 41.7. The summed E-state index contributed by atoms with van der Waals surface area (Å²) < 4.78 is 5.46. The van der Waals surface area contributed by atoms with E-state index >= 15 is 0 Å². The van der Waals surface area contributed by atoms with Crippen LogP contribution in [0, 0.1) is 6.92 Å². The summed E-state index contributed by atoms with van der Waals surface area (Å²) in [4.78, 5) is 88.9. The van der Waals surface area contributed by atoms with E-state index in [0.717, 1.165) is 31.2 Å². The van der Waals surface area contributed by atoms with E-state index in [9.17, 15) is 33.6 Å². The minimum absolute atomic E-state index is 0.0111. The zero-order valence-corrected chi connectivity index (χ0v) is 33.8. The van der Waals surface area contributed by atoms with E-state index in [-0.39, 0.29) is 42.8 Å². The Morgan fingerprint density at radius 1 is 0.789 bits per heavy atom. The number of nitrogens with two attached hydrogens (primary N) is 1. The molecule has 3 aliphatic heterocycles. The fraction of sp³-hybridized carbons (Fsp3) is 0.548. The monoisotopic (exact) mass is 791 g/mol. The number of nitrogens with one attached hydrogen (secondary N) is 3. The fourth-order valence-corrected chi connectivity index (χ4v) is 6.94. The van der Waals surface area contributed by atoms with Crippen molar-refractivity contribution in [2.24, 2.45) is 5.73 Å². The Bertz CT molecular complexity index is 1610. The fourth-order valence-electron chi connectivity index (χ4n) is 6.94. The van der Waals surface area contributed by atoms with Crippen molar-refractivity contribution in [3.63, 3.8) is 0 Å². The number of rotatable bonds is 13. The van der Waals surface area contributed by atoms with Gasteiger partial charge < -0.3 is 41.1 Å². The standard InChI is InChI=1S/C24H38N4O6.C11H15N3O2.C7H8/c1-16(2)25-22(31)18-8-4-5-12-28(18)23(32)19-9-7-13-27(19)21(30)14-17(3)34-24(33)20-10-6-11-26(20)15-29;12-10(15)8-14-11(16)13-7-6-9-4-2-1-3-5-9;1-7-5-3-2-4-6-7/h15-20H,4-14H2,1-3H3,(H,25,31);1-5H,6-8H2,(H2,12,15)(H2,13,14,16);2-6H,1H3. The highest BCUT2D eigenvalue weighted by Crippen LogP contribution is 2.26. The average Bonchev–Trinajstić information content (AvgIpc) is 3.89. The molecule has 0 aliphatic carbocycles. The maximum Gasteiger partial charge on any atom is 0.329 e. The molecule has 3 aliphatic rings. The minimum Gasteiger partial charge on any atom is -0.461 e. The topological polar surface area (TPSA) is 201 Å². The minimum atomic E-state index is -0.662. The normalized spacial score (nSPS) is 19.2. The summed E-state index contributed by atoms with van der Waals surface area (Å²) in [6.45, 7) is 9.40. The van der Waals surface area contributed by atoms with Crippen molar-refractivity contribution in [1.82, 2.24) is 30.7 Å². The molecule has 15 nitrogen and oxygen atoms in total. The van der Waals surface area contributed by atoms with Crippen LogP contribution in [-0.4, -0.2) is 120 Å². The lowest BCUT2D eigenvalue weighted by atomic mass is 9.99. The van der Waals surface area contributed by atoms with E-state index in [4.69, 9.17) is 10.5 Å². The third-order valence-electron chi connectivity index (χ3n) is 9.76. The van der Waals surface area contributed by atoms with Crippen molar-refractivity contribution in [3.8, 4) is 0 Å². The van der Waals surface area contributed by atoms with Gasteiger partial charge in [0.25, 0.3) is 0 Å². The van der Waals surface area contributed by atoms with Gasteiger partial charge in [0, 0.05) is 32.2 Å². The SMILES string of the molecule is CC(C)NC(=O)C1CCCCN1C(=O)C1CCCN1C(=O)CC(C)OC(=O)C1CCCN1C=O.Cc1ccccc1.NC(=O)CNC(=O)NCCc1ccccc1. The van der Waals surface area contributed by atoms with Crippen LogP contribution in [0.3, 0.4) is 0 Å². The van der Waals surface area contributed by atoms with Crippen molar-refractivity contribution >= 4 is 42.0 Å². The van der Waals surface area contributed by atoms with E-state index in [2.05, 4.69) is 35.0 Å². The van der Waals surface area contributed by atoms with Crippen molar-refractivity contribution in [1.29, 1.82) is 0 Å². The molecule has 2 aromatic carbocycles. The first-order valence-electron chi connectivity index (χ1n) is 20.0. The van der Waals surface area contributed by atoms with Crippen LogP contribution < -0.4 is 21.7 Å². The molecular formula is C42H61N7O8. The van der Waals surface area contributed by atoms with E-state index in [1.54, 1.807) is 16.7 Å². The van der Waals surface area contributed by atoms with Gasteiger partial charge in [-0.1, -0.05) is 66.2 Å². The molecule has 15 heteroatoms. The predicted molar refractivity (Wildman–Crippen MR) is 215 cm³/mol. The summed E-state index contributed by atoms with van der Waals surface area (Å²) in [5.74, 6) is -1.61. The van der Waals surface area contributed by atoms with Crippen LogP contribution >= 0.6 is 0 Å². The third kappa shape index (κ3) is 15.9. The lowest BCUT2D eigenvalue weighted by Crippen LogP contribution is -2.57. The van der Waals surface area contributed by atoms with Gasteiger partial charge in [0.1, 0.15) is 24.2 Å². The van der Waals surface area contributed by atoms with E-state index < -0.39 is 36.1 Å². The number of primary amides is 1. The molecule has 3 fully saturated rings. The second-order valence-corrected chi connectivity index (χ2v) is 14.9. The van der Waals surface area contributed by atoms with E-state index in [0.29, 0.717) is 58.3 Å². The van der Waals surface area contributed by atoms with Crippen molar-refractivity contribution in [2.45, 2.75) is 116 Å². The summed E-state index contributed by atoms with van der Waals surface area (Å²) in [5, 5.41) is 7.88. The molecule has 4 unspecified atom stereocenters. The average molecular weight is 792 g/mol. The first-order chi connectivity index (χ1) is 27.3. The van der Waals surface area contributed by atoms with Crippen LogP contribution in [0.15, 0.2) is 60.7 Å². The number of nitrogens with zero attached hydrogens (tertiary/aromatic N) is 3. The molecule has 2 aromatic rings. The van der Waals surface area contributed by atoms with Gasteiger partial charge >= 0.3 is 12.0 Å². The lowest BCUT2D eigenvalue weighted by molar-refractivity contribution is -0.158. The summed E-state index contributed by atoms with van der Waals surface area (Å²) in [7, 11) is 0. The molecule has 0 bridgehead atoms. The van der Waals surface area contributed by atoms with Crippen LogP contribution in [-0.2, 0) is 39.9 Å². The molecule has 4 atom stereocenters. The number of amides is 7. The number of aryl methyl sites for hydroxylation is 1. The Morgan fingerprint density at radius 3 is 2.02 bits per heavy atom. The number of esters is 1. The number of benzene rings is 2. The number of likely N-dealkylation sites (tertiary alicyclic amines) is 3. The number of carbonyl (C=O) groups is 7. The van der Waals surface area contributed by atoms with Gasteiger partial charge in [0.05, 0.1) is 13.0 Å². The molecule has 3 heterocycles. The van der Waals surface area contributed by atoms with Crippen LogP contribution in [0.4, 0.5) is 4.79 Å². The molecule has 57 heavy (non-hydrogen) atoms. The Balaban J connectivity index is 0.000000309. The molecule has 0 radical (unpaired) electrons. The maximum absolute atomic E-state index is 13.5. The van der Waals surface area contributed by atoms with Gasteiger partial charge in [-0.25, -0.2) is 9.59 Å². The molecule has 0 aromatic heterocycles. The van der Waals surface area contributed by atoms with Crippen LogP contribution in [0.2, 0.25) is 0 Å². The van der Waals surface area contributed by atoms with Crippen molar-refractivity contribution in [2.75, 3.05) is 32.7 Å². The molecule has 7 amide bonds. The third-order valence-corrected chi connectivity index (χ3v) is 9.76.